The molecule has 2 nitrogen and oxygen atoms in total. The van der Waals surface area contributed by atoms with Crippen LogP contribution in [0.25, 0.3) is 10.9 Å². The Hall–Kier alpha value is -1.28. The predicted octanol–water partition coefficient (Wildman–Crippen LogP) is 3.39. The highest BCUT2D eigenvalue weighted by Crippen LogP contribution is 2.22. The average molecular weight is 236 g/mol. The van der Waals surface area contributed by atoms with Gasteiger partial charge in [0.1, 0.15) is 0 Å². The first kappa shape index (κ1) is 11.2. The third-order valence-electron chi connectivity index (χ3n) is 2.79. The number of hydrogen-bond acceptors (Lipinski definition) is 1. The van der Waals surface area contributed by atoms with Gasteiger partial charge in [0.25, 0.3) is 5.56 Å². The zero-order chi connectivity index (χ0) is 11.7. The molecule has 16 heavy (non-hydrogen) atoms. The van der Waals surface area contributed by atoms with Crippen LogP contribution in [-0.2, 0) is 6.42 Å². The number of halogens is 1. The van der Waals surface area contributed by atoms with Crippen molar-refractivity contribution in [1.29, 1.82) is 0 Å². The number of alkyl halides is 1. The number of fused-ring (bicyclic) bond motifs is 1. The Kier molecular flexibility index (Phi) is 3.01. The molecule has 84 valence electrons. The van der Waals surface area contributed by atoms with Crippen molar-refractivity contribution in [3.05, 3.63) is 45.7 Å². The number of H-pyrrole nitrogens is 1. The Labute approximate surface area is 99.3 Å². The SMILES string of the molecule is CCc1cc2ccc(C(C)Cl)cc2[nH]c1=O. The normalized spacial score (nSPS) is 12.9. The van der Waals surface area contributed by atoms with E-state index < -0.39 is 0 Å². The summed E-state index contributed by atoms with van der Waals surface area (Å²) in [4.78, 5) is 14.5. The summed E-state index contributed by atoms with van der Waals surface area (Å²) in [5.74, 6) is 0. The lowest BCUT2D eigenvalue weighted by atomic mass is 10.1. The number of hydrogen-bond donors (Lipinski definition) is 1. The molecule has 3 heteroatoms. The lowest BCUT2D eigenvalue weighted by Gasteiger charge is -2.06. The third kappa shape index (κ3) is 1.98. The third-order valence-corrected chi connectivity index (χ3v) is 3.04. The lowest BCUT2D eigenvalue weighted by molar-refractivity contribution is 1.07. The molecule has 1 atom stereocenters. The number of rotatable bonds is 2. The van der Waals surface area contributed by atoms with Gasteiger partial charge in [-0.15, -0.1) is 11.6 Å². The van der Waals surface area contributed by atoms with E-state index in [4.69, 9.17) is 11.6 Å². The van der Waals surface area contributed by atoms with Gasteiger partial charge in [-0.2, -0.15) is 0 Å². The molecule has 0 radical (unpaired) electrons. The van der Waals surface area contributed by atoms with E-state index in [2.05, 4.69) is 4.98 Å². The van der Waals surface area contributed by atoms with E-state index in [-0.39, 0.29) is 10.9 Å². The molecule has 0 amide bonds. The molecule has 2 rings (SSSR count). The lowest BCUT2D eigenvalue weighted by Crippen LogP contribution is -2.11. The zero-order valence-electron chi connectivity index (χ0n) is 9.38. The number of aromatic amines is 1. The van der Waals surface area contributed by atoms with E-state index in [0.29, 0.717) is 0 Å². The largest absolute Gasteiger partial charge is 0.322 e. The summed E-state index contributed by atoms with van der Waals surface area (Å²) in [5, 5.41) is 1.01. The Bertz CT molecular complexity index is 572. The van der Waals surface area contributed by atoms with Crippen molar-refractivity contribution >= 4 is 22.5 Å². The van der Waals surface area contributed by atoms with E-state index in [1.807, 2.05) is 38.1 Å². The van der Waals surface area contributed by atoms with Gasteiger partial charge in [-0.3, -0.25) is 4.79 Å². The second-order valence-electron chi connectivity index (χ2n) is 3.94. The van der Waals surface area contributed by atoms with E-state index >= 15 is 0 Å². The molecule has 0 aliphatic rings. The van der Waals surface area contributed by atoms with Crippen LogP contribution >= 0.6 is 11.6 Å². The monoisotopic (exact) mass is 235 g/mol. The Morgan fingerprint density at radius 2 is 2.12 bits per heavy atom. The second-order valence-corrected chi connectivity index (χ2v) is 4.59. The maximum absolute atomic E-state index is 11.7. The Balaban J connectivity index is 2.67. The van der Waals surface area contributed by atoms with Gasteiger partial charge in [-0.05, 0) is 36.4 Å². The van der Waals surface area contributed by atoms with Gasteiger partial charge in [-0.1, -0.05) is 19.1 Å². The fourth-order valence-corrected chi connectivity index (χ4v) is 1.91. The molecule has 1 aromatic carbocycles. The maximum atomic E-state index is 11.7. The Morgan fingerprint density at radius 1 is 1.38 bits per heavy atom. The van der Waals surface area contributed by atoms with Crippen molar-refractivity contribution in [2.45, 2.75) is 25.6 Å². The predicted molar refractivity (Wildman–Crippen MR) is 68.2 cm³/mol. The van der Waals surface area contributed by atoms with Crippen molar-refractivity contribution in [2.24, 2.45) is 0 Å². The van der Waals surface area contributed by atoms with E-state index in [9.17, 15) is 4.79 Å². The van der Waals surface area contributed by atoms with E-state index in [1.165, 1.54) is 0 Å². The highest BCUT2D eigenvalue weighted by atomic mass is 35.5. The van der Waals surface area contributed by atoms with Crippen LogP contribution in [0.2, 0.25) is 0 Å². The summed E-state index contributed by atoms with van der Waals surface area (Å²) in [5.41, 5.74) is 2.69. The van der Waals surface area contributed by atoms with Gasteiger partial charge in [0.05, 0.1) is 5.38 Å². The smallest absolute Gasteiger partial charge is 0.251 e. The van der Waals surface area contributed by atoms with Crippen LogP contribution in [0.3, 0.4) is 0 Å². The van der Waals surface area contributed by atoms with Crippen molar-refractivity contribution < 1.29 is 0 Å². The molecule has 0 spiro atoms. The second kappa shape index (κ2) is 4.30. The molecule has 1 aromatic heterocycles. The van der Waals surface area contributed by atoms with E-state index in [0.717, 1.165) is 28.5 Å². The molecule has 2 aromatic rings. The van der Waals surface area contributed by atoms with Crippen molar-refractivity contribution in [3.63, 3.8) is 0 Å². The first-order valence-corrected chi connectivity index (χ1v) is 5.85. The van der Waals surface area contributed by atoms with Crippen LogP contribution in [0.5, 0.6) is 0 Å². The molecule has 0 saturated heterocycles. The van der Waals surface area contributed by atoms with Crippen LogP contribution in [0.15, 0.2) is 29.1 Å². The first-order valence-electron chi connectivity index (χ1n) is 5.41. The topological polar surface area (TPSA) is 32.9 Å². The fourth-order valence-electron chi connectivity index (χ4n) is 1.77. The minimum absolute atomic E-state index is 0.00521. The molecule has 1 heterocycles. The van der Waals surface area contributed by atoms with Gasteiger partial charge < -0.3 is 4.98 Å². The molecule has 0 aliphatic carbocycles. The van der Waals surface area contributed by atoms with Gasteiger partial charge in [0.15, 0.2) is 0 Å². The van der Waals surface area contributed by atoms with Crippen LogP contribution in [-0.4, -0.2) is 4.98 Å². The standard InChI is InChI=1S/C13H14ClNO/c1-3-9-6-11-5-4-10(8(2)14)7-12(11)15-13(9)16/h4-8H,3H2,1-2H3,(H,15,16). The molecule has 1 unspecified atom stereocenters. The van der Waals surface area contributed by atoms with Gasteiger partial charge >= 0.3 is 0 Å². The number of pyridine rings is 1. The maximum Gasteiger partial charge on any atom is 0.251 e. The molecule has 1 N–H and O–H groups in total. The highest BCUT2D eigenvalue weighted by molar-refractivity contribution is 6.20. The van der Waals surface area contributed by atoms with Crippen LogP contribution < -0.4 is 5.56 Å². The minimum atomic E-state index is -0.0428. The molecule has 0 fully saturated rings. The van der Waals surface area contributed by atoms with Crippen LogP contribution in [0, 0.1) is 0 Å². The highest BCUT2D eigenvalue weighted by Gasteiger charge is 2.04. The summed E-state index contributed by atoms with van der Waals surface area (Å²) in [7, 11) is 0. The fraction of sp³-hybridized carbons (Fsp3) is 0.308. The van der Waals surface area contributed by atoms with Crippen LogP contribution in [0.4, 0.5) is 0 Å². The first-order chi connectivity index (χ1) is 7.61. The quantitative estimate of drug-likeness (QED) is 0.796. The number of benzene rings is 1. The molecule has 0 bridgehead atoms. The summed E-state index contributed by atoms with van der Waals surface area (Å²) >= 11 is 6.01. The molecule has 0 aliphatic heterocycles. The van der Waals surface area contributed by atoms with Crippen molar-refractivity contribution in [1.82, 2.24) is 4.98 Å². The number of nitrogens with one attached hydrogen (secondary N) is 1. The van der Waals surface area contributed by atoms with Gasteiger partial charge in [0.2, 0.25) is 0 Å². The van der Waals surface area contributed by atoms with Gasteiger partial charge in [-0.25, -0.2) is 0 Å². The number of aromatic nitrogens is 1. The minimum Gasteiger partial charge on any atom is -0.322 e. The summed E-state index contributed by atoms with van der Waals surface area (Å²) in [6.07, 6.45) is 0.749. The van der Waals surface area contributed by atoms with Crippen LogP contribution in [0.1, 0.15) is 30.4 Å². The summed E-state index contributed by atoms with van der Waals surface area (Å²) < 4.78 is 0. The summed E-state index contributed by atoms with van der Waals surface area (Å²) in [6, 6.07) is 7.88. The average Bonchev–Trinajstić information content (AvgIpc) is 2.27. The Morgan fingerprint density at radius 3 is 2.75 bits per heavy atom. The number of aryl methyl sites for hydroxylation is 1. The summed E-state index contributed by atoms with van der Waals surface area (Å²) in [6.45, 7) is 3.90. The van der Waals surface area contributed by atoms with E-state index in [1.54, 1.807) is 0 Å². The molecular formula is C13H14ClNO. The van der Waals surface area contributed by atoms with Crippen molar-refractivity contribution in [2.75, 3.05) is 0 Å². The molecular weight excluding hydrogens is 222 g/mol. The zero-order valence-corrected chi connectivity index (χ0v) is 10.1. The van der Waals surface area contributed by atoms with Gasteiger partial charge in [0, 0.05) is 11.1 Å². The van der Waals surface area contributed by atoms with Crippen molar-refractivity contribution in [3.8, 4) is 0 Å². The molecule has 0 saturated carbocycles.